The van der Waals surface area contributed by atoms with Crippen LogP contribution in [0.2, 0.25) is 18.1 Å². The Morgan fingerprint density at radius 1 is 1.00 bits per heavy atom. The molecule has 3 unspecified atom stereocenters. The van der Waals surface area contributed by atoms with Crippen LogP contribution in [0.3, 0.4) is 0 Å². The molecule has 0 aromatic rings. The molecule has 0 amide bonds. The highest BCUT2D eigenvalue weighted by Crippen LogP contribution is 2.64. The Hall–Kier alpha value is -0.943. The highest BCUT2D eigenvalue weighted by Gasteiger charge is 2.59. The zero-order valence-electron chi connectivity index (χ0n) is 27.0. The molecule has 0 spiro atoms. The Balaban J connectivity index is 1.26. The molecule has 3 fully saturated rings. The number of ketones is 1. The number of carbonyl (C=O) groups excluding carboxylic acids is 2. The van der Waals surface area contributed by atoms with Gasteiger partial charge in [0.15, 0.2) is 14.1 Å². The van der Waals surface area contributed by atoms with Crippen molar-refractivity contribution < 1.29 is 18.8 Å². The lowest BCUT2D eigenvalue weighted by Gasteiger charge is -2.56. The first-order valence-electron chi connectivity index (χ1n) is 16.9. The molecule has 7 atom stereocenters. The summed E-state index contributed by atoms with van der Waals surface area (Å²) in [6.45, 7) is 16.6. The lowest BCUT2D eigenvalue weighted by atomic mass is 9.49. The summed E-state index contributed by atoms with van der Waals surface area (Å²) in [5, 5.41) is 0.299. The van der Waals surface area contributed by atoms with Gasteiger partial charge in [0.25, 0.3) is 0 Å². The number of rotatable bonds is 12. The van der Waals surface area contributed by atoms with Crippen LogP contribution in [0.25, 0.3) is 0 Å². The molecule has 3 saturated carbocycles. The molecule has 5 heteroatoms. The van der Waals surface area contributed by atoms with Crippen LogP contribution in [0.1, 0.15) is 131 Å². The minimum atomic E-state index is -1.60. The molecule has 0 aromatic carbocycles. The highest BCUT2D eigenvalue weighted by atomic mass is 28.4. The van der Waals surface area contributed by atoms with E-state index in [-0.39, 0.29) is 17.5 Å². The molecule has 0 heterocycles. The topological polar surface area (TPSA) is 52.6 Å². The first kappa shape index (κ1) is 32.0. The predicted molar refractivity (Wildman–Crippen MR) is 167 cm³/mol. The molecule has 40 heavy (non-hydrogen) atoms. The minimum absolute atomic E-state index is 0.0914. The second kappa shape index (κ2) is 13.1. The molecule has 228 valence electrons. The molecule has 0 bridgehead atoms. The number of unbranched alkanes of at least 4 members (excludes halogenated alkanes) is 6. The van der Waals surface area contributed by atoms with Gasteiger partial charge in [-0.25, -0.2) is 0 Å². The summed E-state index contributed by atoms with van der Waals surface area (Å²) in [4.78, 5) is 24.2. The molecule has 4 aliphatic carbocycles. The Morgan fingerprint density at radius 3 is 2.35 bits per heavy atom. The maximum Gasteiger partial charge on any atom is 0.302 e. The number of hydrogen-bond acceptors (Lipinski definition) is 4. The standard InChI is InChI=1S/C35H60O4Si/c1-25(36)39-32-19-18-31-33-26(15-13-11-9-8-10-12-14-22-38-40(6,7)34(2,3)4)23-27-24-28(37)16-17-29(27)30(33)20-21-35(31,32)5/h24,26,29-33H,8-23H2,1-7H3/t26-,29+,30?,31?,32+,33?,35+/m1/s1. The normalized spacial score (nSPS) is 34.1. The second-order valence-electron chi connectivity index (χ2n) is 15.7. The number of ether oxygens (including phenoxy) is 1. The summed E-state index contributed by atoms with van der Waals surface area (Å²) >= 11 is 0. The average Bonchev–Trinajstić information content (AvgIpc) is 3.19. The smallest absolute Gasteiger partial charge is 0.302 e. The Morgan fingerprint density at radius 2 is 1.68 bits per heavy atom. The van der Waals surface area contributed by atoms with Gasteiger partial charge in [-0.3, -0.25) is 9.59 Å². The van der Waals surface area contributed by atoms with Crippen molar-refractivity contribution in [3.8, 4) is 0 Å². The summed E-state index contributed by atoms with van der Waals surface area (Å²) in [5.74, 6) is 3.66. The van der Waals surface area contributed by atoms with Gasteiger partial charge in [0, 0.05) is 25.4 Å². The maximum absolute atomic E-state index is 12.4. The number of allylic oxidation sites excluding steroid dienone is 1. The van der Waals surface area contributed by atoms with E-state index in [1.807, 2.05) is 0 Å². The zero-order valence-corrected chi connectivity index (χ0v) is 28.0. The summed E-state index contributed by atoms with van der Waals surface area (Å²) in [5.41, 5.74) is 1.62. The van der Waals surface area contributed by atoms with Gasteiger partial charge in [-0.15, -0.1) is 0 Å². The number of carbonyl (C=O) groups is 2. The lowest BCUT2D eigenvalue weighted by molar-refractivity contribution is -0.157. The summed E-state index contributed by atoms with van der Waals surface area (Å²) in [6, 6.07) is 0. The summed E-state index contributed by atoms with van der Waals surface area (Å²) in [6.07, 6.45) is 20.1. The molecule has 0 radical (unpaired) electrons. The van der Waals surface area contributed by atoms with Crippen molar-refractivity contribution in [1.29, 1.82) is 0 Å². The Kier molecular flexibility index (Phi) is 10.5. The van der Waals surface area contributed by atoms with E-state index in [1.54, 1.807) is 6.92 Å². The molecule has 4 nitrogen and oxygen atoms in total. The van der Waals surface area contributed by atoms with Crippen LogP contribution < -0.4 is 0 Å². The van der Waals surface area contributed by atoms with E-state index in [1.165, 1.54) is 76.2 Å². The Labute approximate surface area is 246 Å². The Bertz CT molecular complexity index is 917. The molecule has 0 N–H and O–H groups in total. The molecule has 0 saturated heterocycles. The average molecular weight is 573 g/mol. The van der Waals surface area contributed by atoms with Gasteiger partial charge in [-0.05, 0) is 105 Å². The van der Waals surface area contributed by atoms with Crippen LogP contribution in [0.15, 0.2) is 11.6 Å². The van der Waals surface area contributed by atoms with E-state index in [9.17, 15) is 9.59 Å². The van der Waals surface area contributed by atoms with Crippen molar-refractivity contribution >= 4 is 20.1 Å². The van der Waals surface area contributed by atoms with Gasteiger partial charge in [0.2, 0.25) is 0 Å². The molecule has 0 aromatic heterocycles. The largest absolute Gasteiger partial charge is 0.462 e. The monoisotopic (exact) mass is 572 g/mol. The van der Waals surface area contributed by atoms with Crippen molar-refractivity contribution in [2.45, 2.75) is 155 Å². The first-order valence-corrected chi connectivity index (χ1v) is 19.8. The fourth-order valence-corrected chi connectivity index (χ4v) is 10.0. The van der Waals surface area contributed by atoms with Crippen molar-refractivity contribution in [3.05, 3.63) is 11.6 Å². The predicted octanol–water partition coefficient (Wildman–Crippen LogP) is 9.43. The van der Waals surface area contributed by atoms with Gasteiger partial charge >= 0.3 is 5.97 Å². The number of fused-ring (bicyclic) bond motifs is 5. The van der Waals surface area contributed by atoms with Crippen LogP contribution in [0, 0.1) is 35.0 Å². The first-order chi connectivity index (χ1) is 18.8. The van der Waals surface area contributed by atoms with Gasteiger partial charge in [-0.1, -0.05) is 71.8 Å². The van der Waals surface area contributed by atoms with Crippen LogP contribution in [-0.4, -0.2) is 32.8 Å². The maximum atomic E-state index is 12.4. The van der Waals surface area contributed by atoms with E-state index in [0.29, 0.717) is 28.6 Å². The lowest BCUT2D eigenvalue weighted by Crippen LogP contribution is -2.51. The third kappa shape index (κ3) is 7.16. The fourth-order valence-electron chi connectivity index (χ4n) is 8.96. The van der Waals surface area contributed by atoms with Crippen LogP contribution in [0.5, 0.6) is 0 Å². The molecule has 4 rings (SSSR count). The molecular weight excluding hydrogens is 512 g/mol. The van der Waals surface area contributed by atoms with Gasteiger partial charge < -0.3 is 9.16 Å². The van der Waals surface area contributed by atoms with Gasteiger partial charge in [-0.2, -0.15) is 0 Å². The van der Waals surface area contributed by atoms with E-state index >= 15 is 0 Å². The highest BCUT2D eigenvalue weighted by molar-refractivity contribution is 6.74. The van der Waals surface area contributed by atoms with Crippen molar-refractivity contribution in [3.63, 3.8) is 0 Å². The van der Waals surface area contributed by atoms with E-state index in [4.69, 9.17) is 9.16 Å². The van der Waals surface area contributed by atoms with E-state index in [0.717, 1.165) is 44.1 Å². The quantitative estimate of drug-likeness (QED) is 0.133. The van der Waals surface area contributed by atoms with Gasteiger partial charge in [0.1, 0.15) is 6.10 Å². The van der Waals surface area contributed by atoms with E-state index < -0.39 is 8.32 Å². The van der Waals surface area contributed by atoms with Crippen LogP contribution in [0.4, 0.5) is 0 Å². The zero-order chi connectivity index (χ0) is 29.1. The van der Waals surface area contributed by atoms with Crippen LogP contribution >= 0.6 is 0 Å². The molecular formula is C35H60O4Si. The molecule has 4 aliphatic rings. The fraction of sp³-hybridized carbons (Fsp3) is 0.886. The second-order valence-corrected chi connectivity index (χ2v) is 20.5. The minimum Gasteiger partial charge on any atom is -0.462 e. The number of esters is 1. The number of hydrogen-bond donors (Lipinski definition) is 0. The van der Waals surface area contributed by atoms with Crippen LogP contribution in [-0.2, 0) is 18.8 Å². The third-order valence-corrected chi connectivity index (χ3v) is 16.7. The van der Waals surface area contributed by atoms with Gasteiger partial charge in [0.05, 0.1) is 0 Å². The van der Waals surface area contributed by atoms with Crippen molar-refractivity contribution in [2.75, 3.05) is 6.61 Å². The summed E-state index contributed by atoms with van der Waals surface area (Å²) < 4.78 is 12.3. The van der Waals surface area contributed by atoms with Crippen molar-refractivity contribution in [1.82, 2.24) is 0 Å². The molecule has 0 aliphatic heterocycles. The van der Waals surface area contributed by atoms with Crippen molar-refractivity contribution in [2.24, 2.45) is 35.0 Å². The third-order valence-electron chi connectivity index (χ3n) is 12.2. The van der Waals surface area contributed by atoms with E-state index in [2.05, 4.69) is 46.9 Å². The SMILES string of the molecule is CC(=O)O[C@H]1CCC2C3C(CC[C@@]21C)[C@H]1CCC(=O)C=C1C[C@H]3CCCCCCCCCO[Si](C)(C)C(C)(C)C. The summed E-state index contributed by atoms with van der Waals surface area (Å²) in [7, 11) is -1.60.